The largest absolute Gasteiger partial charge is 0.397 e. The highest BCUT2D eigenvalue weighted by atomic mass is 15.1. The van der Waals surface area contributed by atoms with Gasteiger partial charge in [-0.25, -0.2) is 0 Å². The number of nitrogens with two attached hydrogens (primary N) is 2. The van der Waals surface area contributed by atoms with Crippen LogP contribution in [0, 0.1) is 5.92 Å². The van der Waals surface area contributed by atoms with Gasteiger partial charge < -0.3 is 16.4 Å². The Bertz CT molecular complexity index is 389. The zero-order valence-corrected chi connectivity index (χ0v) is 10.8. The molecule has 1 aliphatic carbocycles. The molecule has 0 amide bonds. The zero-order valence-electron chi connectivity index (χ0n) is 10.8. The van der Waals surface area contributed by atoms with Gasteiger partial charge in [-0.2, -0.15) is 0 Å². The van der Waals surface area contributed by atoms with Gasteiger partial charge in [0.05, 0.1) is 11.4 Å². The van der Waals surface area contributed by atoms with E-state index in [9.17, 15) is 0 Å². The molecule has 3 heteroatoms. The van der Waals surface area contributed by atoms with Crippen molar-refractivity contribution in [3.05, 3.63) is 18.2 Å². The second-order valence-corrected chi connectivity index (χ2v) is 5.35. The maximum atomic E-state index is 5.86. The maximum absolute atomic E-state index is 5.86. The van der Waals surface area contributed by atoms with Gasteiger partial charge in [0.1, 0.15) is 0 Å². The fourth-order valence-corrected chi connectivity index (χ4v) is 2.75. The zero-order chi connectivity index (χ0) is 12.4. The van der Waals surface area contributed by atoms with Crippen molar-refractivity contribution in [1.29, 1.82) is 0 Å². The minimum atomic E-state index is 0.641. The van der Waals surface area contributed by atoms with Crippen LogP contribution in [0.1, 0.15) is 32.6 Å². The first-order valence-electron chi connectivity index (χ1n) is 6.45. The molecule has 17 heavy (non-hydrogen) atoms. The Hall–Kier alpha value is -1.38. The van der Waals surface area contributed by atoms with Crippen molar-refractivity contribution >= 4 is 17.1 Å². The quantitative estimate of drug-likeness (QED) is 0.772. The molecule has 94 valence electrons. The van der Waals surface area contributed by atoms with Crippen molar-refractivity contribution in [3.63, 3.8) is 0 Å². The van der Waals surface area contributed by atoms with Crippen molar-refractivity contribution in [3.8, 4) is 0 Å². The van der Waals surface area contributed by atoms with Crippen LogP contribution in [0.5, 0.6) is 0 Å². The summed E-state index contributed by atoms with van der Waals surface area (Å²) in [6.45, 7) is 2.34. The third-order valence-corrected chi connectivity index (χ3v) is 3.93. The Morgan fingerprint density at radius 2 is 1.94 bits per heavy atom. The van der Waals surface area contributed by atoms with E-state index >= 15 is 0 Å². The summed E-state index contributed by atoms with van der Waals surface area (Å²) < 4.78 is 0. The lowest BCUT2D eigenvalue weighted by molar-refractivity contribution is 0.336. The molecule has 3 nitrogen and oxygen atoms in total. The fourth-order valence-electron chi connectivity index (χ4n) is 2.75. The van der Waals surface area contributed by atoms with Crippen LogP contribution in [0.25, 0.3) is 0 Å². The number of benzene rings is 1. The lowest BCUT2D eigenvalue weighted by Gasteiger charge is -2.35. The normalized spacial score (nSPS) is 24.6. The lowest BCUT2D eigenvalue weighted by atomic mass is 9.86. The van der Waals surface area contributed by atoms with Crippen LogP contribution < -0.4 is 16.4 Å². The van der Waals surface area contributed by atoms with Crippen LogP contribution in [0.4, 0.5) is 17.1 Å². The summed E-state index contributed by atoms with van der Waals surface area (Å²) in [5.41, 5.74) is 14.1. The molecule has 1 saturated carbocycles. The minimum absolute atomic E-state index is 0.641. The first kappa shape index (κ1) is 12.1. The van der Waals surface area contributed by atoms with E-state index in [-0.39, 0.29) is 0 Å². The molecule has 4 N–H and O–H groups in total. The molecule has 1 aliphatic rings. The van der Waals surface area contributed by atoms with Gasteiger partial charge in [-0.3, -0.25) is 0 Å². The highest BCUT2D eigenvalue weighted by Crippen LogP contribution is 2.31. The molecule has 1 fully saturated rings. The molecule has 0 spiro atoms. The van der Waals surface area contributed by atoms with Crippen molar-refractivity contribution < 1.29 is 0 Å². The molecular weight excluding hydrogens is 210 g/mol. The van der Waals surface area contributed by atoms with Crippen LogP contribution in [0.15, 0.2) is 18.2 Å². The predicted octanol–water partition coefficient (Wildman–Crippen LogP) is 2.87. The summed E-state index contributed by atoms with van der Waals surface area (Å²) in [6, 6.07) is 6.58. The summed E-state index contributed by atoms with van der Waals surface area (Å²) in [7, 11) is 2.16. The minimum Gasteiger partial charge on any atom is -0.397 e. The highest BCUT2D eigenvalue weighted by Gasteiger charge is 2.22. The van der Waals surface area contributed by atoms with Crippen molar-refractivity contribution in [2.75, 3.05) is 23.4 Å². The van der Waals surface area contributed by atoms with Crippen LogP contribution in [0.3, 0.4) is 0 Å². The molecule has 0 saturated heterocycles. The average Bonchev–Trinajstić information content (AvgIpc) is 2.32. The maximum Gasteiger partial charge on any atom is 0.0568 e. The SMILES string of the molecule is CC1CCCC(N(C)c2ccc(N)c(N)c2)C1. The van der Waals surface area contributed by atoms with E-state index in [4.69, 9.17) is 11.5 Å². The molecule has 1 aromatic rings. The number of nitrogen functional groups attached to an aromatic ring is 2. The van der Waals surface area contributed by atoms with Crippen molar-refractivity contribution in [2.45, 2.75) is 38.6 Å². The second-order valence-electron chi connectivity index (χ2n) is 5.35. The second kappa shape index (κ2) is 4.86. The molecule has 0 radical (unpaired) electrons. The van der Waals surface area contributed by atoms with E-state index < -0.39 is 0 Å². The number of anilines is 3. The summed E-state index contributed by atoms with van der Waals surface area (Å²) in [5, 5.41) is 0. The monoisotopic (exact) mass is 233 g/mol. The van der Waals surface area contributed by atoms with Crippen LogP contribution in [0.2, 0.25) is 0 Å². The van der Waals surface area contributed by atoms with Crippen LogP contribution in [-0.2, 0) is 0 Å². The molecule has 1 aromatic carbocycles. The molecule has 0 heterocycles. The smallest absolute Gasteiger partial charge is 0.0568 e. The Kier molecular flexibility index (Phi) is 3.46. The molecular formula is C14H23N3. The summed E-state index contributed by atoms with van der Waals surface area (Å²) in [6.07, 6.45) is 5.26. The first-order chi connectivity index (χ1) is 8.08. The number of hydrogen-bond donors (Lipinski definition) is 2. The van der Waals surface area contributed by atoms with Gasteiger partial charge in [-0.15, -0.1) is 0 Å². The van der Waals surface area contributed by atoms with E-state index in [0.717, 1.165) is 5.92 Å². The molecule has 2 atom stereocenters. The van der Waals surface area contributed by atoms with Gasteiger partial charge in [-0.05, 0) is 37.0 Å². The predicted molar refractivity (Wildman–Crippen MR) is 75.1 cm³/mol. The van der Waals surface area contributed by atoms with E-state index in [1.165, 1.54) is 31.4 Å². The molecule has 2 rings (SSSR count). The third-order valence-electron chi connectivity index (χ3n) is 3.93. The summed E-state index contributed by atoms with van der Waals surface area (Å²) in [5.74, 6) is 0.835. The van der Waals surface area contributed by atoms with Gasteiger partial charge in [0.15, 0.2) is 0 Å². The average molecular weight is 233 g/mol. The van der Waals surface area contributed by atoms with E-state index in [1.54, 1.807) is 0 Å². The Morgan fingerprint density at radius 1 is 1.18 bits per heavy atom. The van der Waals surface area contributed by atoms with Gasteiger partial charge >= 0.3 is 0 Å². The van der Waals surface area contributed by atoms with Crippen molar-refractivity contribution in [1.82, 2.24) is 0 Å². The van der Waals surface area contributed by atoms with Gasteiger partial charge in [0, 0.05) is 18.8 Å². The van der Waals surface area contributed by atoms with Gasteiger partial charge in [0.2, 0.25) is 0 Å². The molecule has 0 aliphatic heterocycles. The topological polar surface area (TPSA) is 55.3 Å². The van der Waals surface area contributed by atoms with Crippen LogP contribution in [-0.4, -0.2) is 13.1 Å². The standard InChI is InChI=1S/C14H23N3/c1-10-4-3-5-11(8-10)17(2)12-6-7-13(15)14(16)9-12/h6-7,9-11H,3-5,8,15-16H2,1-2H3. The molecule has 0 bridgehead atoms. The number of nitrogens with zero attached hydrogens (tertiary/aromatic N) is 1. The Balaban J connectivity index is 2.12. The van der Waals surface area contributed by atoms with Gasteiger partial charge in [0.25, 0.3) is 0 Å². The van der Waals surface area contributed by atoms with Crippen LogP contribution >= 0.6 is 0 Å². The van der Waals surface area contributed by atoms with Gasteiger partial charge in [-0.1, -0.05) is 19.8 Å². The Morgan fingerprint density at radius 3 is 2.59 bits per heavy atom. The highest BCUT2D eigenvalue weighted by molar-refractivity contribution is 5.69. The number of rotatable bonds is 2. The summed E-state index contributed by atoms with van der Waals surface area (Å²) in [4.78, 5) is 2.35. The number of hydrogen-bond acceptors (Lipinski definition) is 3. The van der Waals surface area contributed by atoms with E-state index in [0.29, 0.717) is 17.4 Å². The fraction of sp³-hybridized carbons (Fsp3) is 0.571. The van der Waals surface area contributed by atoms with E-state index in [2.05, 4.69) is 24.9 Å². The first-order valence-corrected chi connectivity index (χ1v) is 6.45. The van der Waals surface area contributed by atoms with Crippen molar-refractivity contribution in [2.24, 2.45) is 5.92 Å². The molecule has 0 aromatic heterocycles. The molecule has 2 unspecified atom stereocenters. The summed E-state index contributed by atoms with van der Waals surface area (Å²) >= 11 is 0. The lowest BCUT2D eigenvalue weighted by Crippen LogP contribution is -2.35. The Labute approximate surface area is 104 Å². The van der Waals surface area contributed by atoms with E-state index in [1.807, 2.05) is 12.1 Å². The third kappa shape index (κ3) is 2.65.